The number of nitrogens with one attached hydrogen (secondary N) is 2. The third kappa shape index (κ3) is 4.19. The Balaban J connectivity index is 1.99. The number of unbranched alkanes of at least 4 members (excludes halogenated alkanes) is 3. The molecule has 0 spiro atoms. The lowest BCUT2D eigenvalue weighted by Gasteiger charge is -2.22. The molecule has 1 aromatic rings. The zero-order valence-corrected chi connectivity index (χ0v) is 13.3. The molecule has 1 saturated heterocycles. The van der Waals surface area contributed by atoms with Gasteiger partial charge in [-0.15, -0.1) is 0 Å². The lowest BCUT2D eigenvalue weighted by Crippen LogP contribution is -2.30. The first-order valence-corrected chi connectivity index (χ1v) is 8.20. The van der Waals surface area contributed by atoms with Crippen molar-refractivity contribution in [3.05, 3.63) is 29.8 Å². The van der Waals surface area contributed by atoms with E-state index in [0.29, 0.717) is 18.5 Å². The standard InChI is InChI=1S/C17H29N3O/c1-3-4-5-8-11-21-16-10-7-6-9-14(16)17-15(12-18)13(2)19-20-17/h6-7,9-10,13,15,17,19-20H,3-5,8,11-12,18H2,1-2H3. The highest BCUT2D eigenvalue weighted by atomic mass is 16.5. The van der Waals surface area contributed by atoms with Gasteiger partial charge >= 0.3 is 0 Å². The summed E-state index contributed by atoms with van der Waals surface area (Å²) in [6.45, 7) is 5.85. The molecule has 3 unspecified atom stereocenters. The number of hydrogen-bond acceptors (Lipinski definition) is 4. The van der Waals surface area contributed by atoms with Crippen molar-refractivity contribution in [3.63, 3.8) is 0 Å². The number of nitrogens with two attached hydrogens (primary N) is 1. The Hall–Kier alpha value is -1.10. The molecule has 1 heterocycles. The smallest absolute Gasteiger partial charge is 0.124 e. The van der Waals surface area contributed by atoms with Crippen LogP contribution < -0.4 is 21.3 Å². The quantitative estimate of drug-likeness (QED) is 0.645. The van der Waals surface area contributed by atoms with Crippen LogP contribution in [0.15, 0.2) is 24.3 Å². The number of para-hydroxylation sites is 1. The van der Waals surface area contributed by atoms with Crippen LogP contribution in [0.3, 0.4) is 0 Å². The van der Waals surface area contributed by atoms with E-state index in [0.717, 1.165) is 18.8 Å². The molecule has 1 aliphatic rings. The van der Waals surface area contributed by atoms with Gasteiger partial charge in [0.05, 0.1) is 12.6 Å². The van der Waals surface area contributed by atoms with E-state index in [4.69, 9.17) is 10.5 Å². The van der Waals surface area contributed by atoms with Gasteiger partial charge in [-0.05, 0) is 26.0 Å². The van der Waals surface area contributed by atoms with Gasteiger partial charge in [-0.25, -0.2) is 5.43 Å². The summed E-state index contributed by atoms with van der Waals surface area (Å²) >= 11 is 0. The van der Waals surface area contributed by atoms with Crippen LogP contribution in [-0.2, 0) is 0 Å². The zero-order valence-electron chi connectivity index (χ0n) is 13.3. The van der Waals surface area contributed by atoms with Crippen LogP contribution in [0.25, 0.3) is 0 Å². The molecule has 0 aliphatic carbocycles. The highest BCUT2D eigenvalue weighted by Gasteiger charge is 2.34. The highest BCUT2D eigenvalue weighted by molar-refractivity contribution is 5.37. The Morgan fingerprint density at radius 2 is 1.95 bits per heavy atom. The van der Waals surface area contributed by atoms with E-state index in [2.05, 4.69) is 42.9 Å². The minimum Gasteiger partial charge on any atom is -0.493 e. The second kappa shape index (κ2) is 8.37. The van der Waals surface area contributed by atoms with E-state index in [1.165, 1.54) is 24.8 Å². The fourth-order valence-corrected chi connectivity index (χ4v) is 2.95. The molecule has 1 fully saturated rings. The third-order valence-electron chi connectivity index (χ3n) is 4.32. The summed E-state index contributed by atoms with van der Waals surface area (Å²) in [5.74, 6) is 1.37. The van der Waals surface area contributed by atoms with Gasteiger partial charge in [-0.1, -0.05) is 44.4 Å². The van der Waals surface area contributed by atoms with Crippen molar-refractivity contribution in [2.45, 2.75) is 51.6 Å². The van der Waals surface area contributed by atoms with Crippen LogP contribution in [0.5, 0.6) is 5.75 Å². The van der Waals surface area contributed by atoms with Crippen molar-refractivity contribution in [2.75, 3.05) is 13.2 Å². The van der Waals surface area contributed by atoms with E-state index in [9.17, 15) is 0 Å². The predicted molar refractivity (Wildman–Crippen MR) is 87.1 cm³/mol. The van der Waals surface area contributed by atoms with Gasteiger partial charge in [-0.2, -0.15) is 0 Å². The van der Waals surface area contributed by atoms with Gasteiger partial charge in [-0.3, -0.25) is 5.43 Å². The number of benzene rings is 1. The minimum absolute atomic E-state index is 0.219. The molecule has 4 nitrogen and oxygen atoms in total. The largest absolute Gasteiger partial charge is 0.493 e. The number of ether oxygens (including phenoxy) is 1. The summed E-state index contributed by atoms with van der Waals surface area (Å²) in [5, 5.41) is 0. The Morgan fingerprint density at radius 1 is 1.14 bits per heavy atom. The average Bonchev–Trinajstić information content (AvgIpc) is 2.88. The van der Waals surface area contributed by atoms with Crippen molar-refractivity contribution in [1.29, 1.82) is 0 Å². The maximum absolute atomic E-state index is 6.02. The Bertz CT molecular complexity index is 424. The third-order valence-corrected chi connectivity index (χ3v) is 4.32. The topological polar surface area (TPSA) is 59.3 Å². The van der Waals surface area contributed by atoms with Crippen LogP contribution in [0.2, 0.25) is 0 Å². The Labute approximate surface area is 128 Å². The summed E-state index contributed by atoms with van der Waals surface area (Å²) in [5.41, 5.74) is 13.8. The Kier molecular flexibility index (Phi) is 6.49. The van der Waals surface area contributed by atoms with Crippen LogP contribution in [0.4, 0.5) is 0 Å². The minimum atomic E-state index is 0.219. The molecular formula is C17H29N3O. The van der Waals surface area contributed by atoms with E-state index in [1.54, 1.807) is 0 Å². The monoisotopic (exact) mass is 291 g/mol. The van der Waals surface area contributed by atoms with Crippen molar-refractivity contribution in [2.24, 2.45) is 11.7 Å². The molecule has 0 aromatic heterocycles. The summed E-state index contributed by atoms with van der Waals surface area (Å²) in [6, 6.07) is 8.90. The van der Waals surface area contributed by atoms with Gasteiger partial charge in [0.2, 0.25) is 0 Å². The van der Waals surface area contributed by atoms with Crippen LogP contribution in [-0.4, -0.2) is 19.2 Å². The molecule has 2 rings (SSSR count). The summed E-state index contributed by atoms with van der Waals surface area (Å²) in [6.07, 6.45) is 4.90. The first kappa shape index (κ1) is 16.3. The van der Waals surface area contributed by atoms with Crippen molar-refractivity contribution in [1.82, 2.24) is 10.9 Å². The summed E-state index contributed by atoms with van der Waals surface area (Å²) in [4.78, 5) is 0. The Morgan fingerprint density at radius 3 is 2.71 bits per heavy atom. The molecule has 21 heavy (non-hydrogen) atoms. The molecule has 0 amide bonds. The van der Waals surface area contributed by atoms with Gasteiger partial charge in [0.25, 0.3) is 0 Å². The fraction of sp³-hybridized carbons (Fsp3) is 0.647. The highest BCUT2D eigenvalue weighted by Crippen LogP contribution is 2.33. The average molecular weight is 291 g/mol. The maximum atomic E-state index is 6.02. The second-order valence-corrected chi connectivity index (χ2v) is 5.90. The van der Waals surface area contributed by atoms with Gasteiger partial charge in [0, 0.05) is 17.5 Å². The second-order valence-electron chi connectivity index (χ2n) is 5.90. The van der Waals surface area contributed by atoms with Crippen molar-refractivity contribution >= 4 is 0 Å². The summed E-state index contributed by atoms with van der Waals surface area (Å²) < 4.78 is 6.02. The van der Waals surface area contributed by atoms with Gasteiger partial charge in [0.15, 0.2) is 0 Å². The number of hydrogen-bond donors (Lipinski definition) is 3. The molecule has 1 aliphatic heterocycles. The number of hydrazine groups is 1. The molecule has 4 heteroatoms. The molecule has 0 saturated carbocycles. The van der Waals surface area contributed by atoms with Crippen LogP contribution in [0, 0.1) is 5.92 Å². The zero-order chi connectivity index (χ0) is 15.1. The molecule has 1 aromatic carbocycles. The lowest BCUT2D eigenvalue weighted by molar-refractivity contribution is 0.296. The van der Waals surface area contributed by atoms with Crippen molar-refractivity contribution in [3.8, 4) is 5.75 Å². The summed E-state index contributed by atoms with van der Waals surface area (Å²) in [7, 11) is 0. The molecule has 0 bridgehead atoms. The van der Waals surface area contributed by atoms with Crippen LogP contribution >= 0.6 is 0 Å². The first-order chi connectivity index (χ1) is 10.3. The van der Waals surface area contributed by atoms with E-state index in [-0.39, 0.29) is 6.04 Å². The fourth-order valence-electron chi connectivity index (χ4n) is 2.95. The SMILES string of the molecule is CCCCCCOc1ccccc1C1NNC(C)C1CN. The van der Waals surface area contributed by atoms with E-state index >= 15 is 0 Å². The molecule has 3 atom stereocenters. The van der Waals surface area contributed by atoms with E-state index < -0.39 is 0 Å². The van der Waals surface area contributed by atoms with Crippen LogP contribution in [0.1, 0.15) is 51.1 Å². The molecule has 4 N–H and O–H groups in total. The predicted octanol–water partition coefficient (Wildman–Crippen LogP) is 2.76. The molecule has 118 valence electrons. The first-order valence-electron chi connectivity index (χ1n) is 8.20. The van der Waals surface area contributed by atoms with Crippen molar-refractivity contribution < 1.29 is 4.74 Å². The number of rotatable bonds is 8. The lowest BCUT2D eigenvalue weighted by atomic mass is 9.90. The normalized spacial score (nSPS) is 25.2. The maximum Gasteiger partial charge on any atom is 0.124 e. The van der Waals surface area contributed by atoms with E-state index in [1.807, 2.05) is 6.07 Å². The van der Waals surface area contributed by atoms with Gasteiger partial charge in [0.1, 0.15) is 5.75 Å². The molecule has 0 radical (unpaired) electrons. The molecular weight excluding hydrogens is 262 g/mol. The van der Waals surface area contributed by atoms with Gasteiger partial charge < -0.3 is 10.5 Å².